The van der Waals surface area contributed by atoms with Gasteiger partial charge in [0, 0.05) is 19.4 Å². The highest BCUT2D eigenvalue weighted by atomic mass is 79.9. The molecule has 27 heavy (non-hydrogen) atoms. The van der Waals surface area contributed by atoms with Gasteiger partial charge < -0.3 is 0 Å². The van der Waals surface area contributed by atoms with E-state index in [0.717, 1.165) is 4.90 Å². The minimum Gasteiger partial charge on any atom is -0.274 e. The van der Waals surface area contributed by atoms with Crippen molar-refractivity contribution in [2.45, 2.75) is 39.2 Å². The van der Waals surface area contributed by atoms with Crippen LogP contribution in [0, 0.1) is 18.8 Å². The summed E-state index contributed by atoms with van der Waals surface area (Å²) in [7, 11) is 0. The molecule has 2 fully saturated rings. The average Bonchev–Trinajstić information content (AvgIpc) is 2.89. The third-order valence-electron chi connectivity index (χ3n) is 5.26. The highest BCUT2D eigenvalue weighted by Gasteiger charge is 2.52. The molecule has 4 unspecified atom stereocenters. The van der Waals surface area contributed by atoms with Gasteiger partial charge in [0.2, 0.25) is 11.8 Å². The molecule has 4 atom stereocenters. The quantitative estimate of drug-likeness (QED) is 0.401. The van der Waals surface area contributed by atoms with Crippen LogP contribution in [0.25, 0.3) is 0 Å². The molecule has 140 valence electrons. The van der Waals surface area contributed by atoms with Gasteiger partial charge in [-0.15, -0.1) is 0 Å². The summed E-state index contributed by atoms with van der Waals surface area (Å²) in [5, 5.41) is 0. The number of aryl methyl sites for hydroxylation is 1. The van der Waals surface area contributed by atoms with E-state index >= 15 is 0 Å². The Morgan fingerprint density at radius 1 is 0.815 bits per heavy atom. The van der Waals surface area contributed by atoms with Crippen molar-refractivity contribution in [3.05, 3.63) is 54.1 Å². The summed E-state index contributed by atoms with van der Waals surface area (Å²) in [6.07, 6.45) is 1.39. The van der Waals surface area contributed by atoms with Crippen LogP contribution in [0.15, 0.2) is 58.3 Å². The maximum atomic E-state index is 12.9. The summed E-state index contributed by atoms with van der Waals surface area (Å²) >= 11 is 8.92. The van der Waals surface area contributed by atoms with E-state index < -0.39 is 0 Å². The Labute approximate surface area is 180 Å². The SMILES string of the molecule is Cc1ccc(Sc2ccc(N3C(=O)C4CC(Br)C(Br)CC4C3=O)cc2)cc1. The molecule has 2 amide bonds. The van der Waals surface area contributed by atoms with Crippen LogP contribution in [0.1, 0.15) is 18.4 Å². The summed E-state index contributed by atoms with van der Waals surface area (Å²) in [5.74, 6) is -0.546. The van der Waals surface area contributed by atoms with Crippen LogP contribution < -0.4 is 4.90 Å². The highest BCUT2D eigenvalue weighted by molar-refractivity contribution is 9.12. The van der Waals surface area contributed by atoms with E-state index in [-0.39, 0.29) is 33.3 Å². The lowest BCUT2D eigenvalue weighted by molar-refractivity contribution is -0.122. The third-order valence-corrected chi connectivity index (χ3v) is 9.01. The molecule has 0 N–H and O–H groups in total. The maximum Gasteiger partial charge on any atom is 0.237 e. The van der Waals surface area contributed by atoms with Crippen LogP contribution in [-0.2, 0) is 9.59 Å². The minimum atomic E-state index is -0.211. The van der Waals surface area contributed by atoms with Gasteiger partial charge in [-0.05, 0) is 56.2 Å². The molecule has 0 bridgehead atoms. The Hall–Kier alpha value is -1.11. The van der Waals surface area contributed by atoms with Crippen LogP contribution in [0.4, 0.5) is 5.69 Å². The lowest BCUT2D eigenvalue weighted by Crippen LogP contribution is -2.34. The highest BCUT2D eigenvalue weighted by Crippen LogP contribution is 2.44. The summed E-state index contributed by atoms with van der Waals surface area (Å²) in [6.45, 7) is 2.07. The summed E-state index contributed by atoms with van der Waals surface area (Å²) in [4.78, 5) is 29.8. The van der Waals surface area contributed by atoms with E-state index in [0.29, 0.717) is 18.5 Å². The van der Waals surface area contributed by atoms with Crippen LogP contribution >= 0.6 is 43.6 Å². The Morgan fingerprint density at radius 3 is 1.74 bits per heavy atom. The second-order valence-corrected chi connectivity index (χ2v) is 10.6. The van der Waals surface area contributed by atoms with Gasteiger partial charge in [0.15, 0.2) is 0 Å². The van der Waals surface area contributed by atoms with Crippen molar-refractivity contribution in [2.24, 2.45) is 11.8 Å². The van der Waals surface area contributed by atoms with Gasteiger partial charge in [0.05, 0.1) is 17.5 Å². The molecule has 2 aromatic carbocycles. The van der Waals surface area contributed by atoms with Crippen LogP contribution in [-0.4, -0.2) is 21.5 Å². The van der Waals surface area contributed by atoms with Crippen molar-refractivity contribution in [3.63, 3.8) is 0 Å². The van der Waals surface area contributed by atoms with E-state index in [1.165, 1.54) is 15.4 Å². The zero-order valence-corrected chi connectivity index (χ0v) is 18.8. The summed E-state index contributed by atoms with van der Waals surface area (Å²) in [5.41, 5.74) is 1.91. The van der Waals surface area contributed by atoms with Crippen molar-refractivity contribution in [3.8, 4) is 0 Å². The Morgan fingerprint density at radius 2 is 1.26 bits per heavy atom. The number of hydrogen-bond donors (Lipinski definition) is 0. The molecular weight excluding hydrogens is 490 g/mol. The van der Waals surface area contributed by atoms with Gasteiger partial charge in [0.25, 0.3) is 0 Å². The number of rotatable bonds is 3. The number of nitrogens with zero attached hydrogens (tertiary/aromatic N) is 1. The molecule has 2 aromatic rings. The fourth-order valence-electron chi connectivity index (χ4n) is 3.76. The molecular formula is C21H19Br2NO2S. The second-order valence-electron chi connectivity index (χ2n) is 7.14. The lowest BCUT2D eigenvalue weighted by atomic mass is 9.81. The first kappa shape index (κ1) is 19.2. The Kier molecular flexibility index (Phi) is 5.50. The molecule has 0 aromatic heterocycles. The first-order chi connectivity index (χ1) is 12.9. The fourth-order valence-corrected chi connectivity index (χ4v) is 5.81. The van der Waals surface area contributed by atoms with Crippen LogP contribution in [0.2, 0.25) is 0 Å². The molecule has 1 aliphatic heterocycles. The van der Waals surface area contributed by atoms with Gasteiger partial charge in [0.1, 0.15) is 0 Å². The summed E-state index contributed by atoms with van der Waals surface area (Å²) < 4.78 is 0. The van der Waals surface area contributed by atoms with Gasteiger partial charge in [-0.2, -0.15) is 0 Å². The number of hydrogen-bond acceptors (Lipinski definition) is 3. The topological polar surface area (TPSA) is 37.4 Å². The monoisotopic (exact) mass is 507 g/mol. The van der Waals surface area contributed by atoms with Gasteiger partial charge in [-0.25, -0.2) is 0 Å². The first-order valence-corrected chi connectivity index (χ1v) is 11.6. The largest absolute Gasteiger partial charge is 0.274 e. The molecule has 3 nitrogen and oxygen atoms in total. The van der Waals surface area contributed by atoms with Gasteiger partial charge in [-0.3, -0.25) is 14.5 Å². The van der Waals surface area contributed by atoms with E-state index in [1.54, 1.807) is 11.8 Å². The van der Waals surface area contributed by atoms with Crippen molar-refractivity contribution in [2.75, 3.05) is 4.90 Å². The number of benzene rings is 2. The molecule has 1 heterocycles. The maximum absolute atomic E-state index is 12.9. The number of carbonyl (C=O) groups excluding carboxylic acids is 2. The van der Waals surface area contributed by atoms with Gasteiger partial charge >= 0.3 is 0 Å². The summed E-state index contributed by atoms with van der Waals surface area (Å²) in [6, 6.07) is 16.1. The predicted molar refractivity (Wildman–Crippen MR) is 116 cm³/mol. The number of fused-ring (bicyclic) bond motifs is 1. The Balaban J connectivity index is 1.52. The van der Waals surface area contributed by atoms with E-state index in [1.807, 2.05) is 24.3 Å². The molecule has 0 radical (unpaired) electrons. The van der Waals surface area contributed by atoms with Crippen molar-refractivity contribution in [1.82, 2.24) is 0 Å². The standard InChI is InChI=1S/C21H19Br2NO2S/c1-12-2-6-14(7-3-12)27-15-8-4-13(5-9-15)24-20(25)16-10-18(22)19(23)11-17(16)21(24)26/h2-9,16-19H,10-11H2,1H3. The van der Waals surface area contributed by atoms with Crippen molar-refractivity contribution >= 4 is 61.1 Å². The molecule has 2 aliphatic rings. The first-order valence-electron chi connectivity index (χ1n) is 8.94. The molecule has 0 spiro atoms. The van der Waals surface area contributed by atoms with Gasteiger partial charge in [-0.1, -0.05) is 61.3 Å². The molecule has 1 saturated heterocycles. The molecule has 1 aliphatic carbocycles. The zero-order chi connectivity index (χ0) is 19.1. The second kappa shape index (κ2) is 7.72. The minimum absolute atomic E-state index is 0.0622. The van der Waals surface area contributed by atoms with E-state index in [4.69, 9.17) is 0 Å². The molecule has 6 heteroatoms. The number of imide groups is 1. The predicted octanol–water partition coefficient (Wildman–Crippen LogP) is 5.57. The number of halogens is 2. The smallest absolute Gasteiger partial charge is 0.237 e. The molecule has 1 saturated carbocycles. The van der Waals surface area contributed by atoms with E-state index in [2.05, 4.69) is 63.0 Å². The van der Waals surface area contributed by atoms with Crippen molar-refractivity contribution in [1.29, 1.82) is 0 Å². The molecule has 4 rings (SSSR count). The van der Waals surface area contributed by atoms with Crippen molar-refractivity contribution < 1.29 is 9.59 Å². The normalized spacial score (nSPS) is 27.7. The third kappa shape index (κ3) is 3.76. The number of amides is 2. The van der Waals surface area contributed by atoms with Crippen LogP contribution in [0.3, 0.4) is 0 Å². The number of anilines is 1. The number of carbonyl (C=O) groups is 2. The average molecular weight is 509 g/mol. The zero-order valence-electron chi connectivity index (χ0n) is 14.8. The number of alkyl halides is 2. The van der Waals surface area contributed by atoms with E-state index in [9.17, 15) is 9.59 Å². The van der Waals surface area contributed by atoms with Crippen LogP contribution in [0.5, 0.6) is 0 Å². The lowest BCUT2D eigenvalue weighted by Gasteiger charge is -2.29. The fraction of sp³-hybridized carbons (Fsp3) is 0.333. The Bertz CT molecular complexity index is 841.